The molecule has 6 heteroatoms. The minimum absolute atomic E-state index is 0. The monoisotopic (exact) mass is 225 g/mol. The van der Waals surface area contributed by atoms with Crippen LogP contribution >= 0.6 is 0 Å². The van der Waals surface area contributed by atoms with E-state index in [1.165, 1.54) is 0 Å². The minimum atomic E-state index is -1.17. The number of carboxylic acid groups (broad SMARTS) is 2. The van der Waals surface area contributed by atoms with Crippen LogP contribution < -0.4 is 5.73 Å². The van der Waals surface area contributed by atoms with Crippen molar-refractivity contribution in [2.75, 3.05) is 0 Å². The number of aliphatic carboxylic acids is 2. The molecule has 0 aromatic heterocycles. The molecule has 0 aromatic rings. The molecule has 0 amide bonds. The first-order valence-corrected chi connectivity index (χ1v) is 2.74. The second-order valence-corrected chi connectivity index (χ2v) is 1.88. The van der Waals surface area contributed by atoms with E-state index in [1.807, 2.05) is 0 Å². The molecule has 4 N–H and O–H groups in total. The van der Waals surface area contributed by atoms with Crippen LogP contribution in [0.2, 0.25) is 0 Å². The summed E-state index contributed by atoms with van der Waals surface area (Å²) in [5.74, 6) is -2.20. The van der Waals surface area contributed by atoms with E-state index >= 15 is 0 Å². The van der Waals surface area contributed by atoms with Gasteiger partial charge in [0.05, 0.1) is 0 Å². The molecule has 0 aliphatic heterocycles. The van der Waals surface area contributed by atoms with Gasteiger partial charge in [0, 0.05) is 6.42 Å². The number of carboxylic acids is 2. The molecule has 0 radical (unpaired) electrons. The van der Waals surface area contributed by atoms with E-state index < -0.39 is 18.0 Å². The van der Waals surface area contributed by atoms with Gasteiger partial charge < -0.3 is 15.9 Å². The van der Waals surface area contributed by atoms with Crippen LogP contribution in [0.25, 0.3) is 0 Å². The number of hydrogen-bond donors (Lipinski definition) is 3. The maximum atomic E-state index is 9.99. The molecular weight excluding hydrogens is 211 g/mol. The van der Waals surface area contributed by atoms with E-state index in [0.29, 0.717) is 0 Å². The summed E-state index contributed by atoms with van der Waals surface area (Å²) in [4.78, 5) is 19.9. The maximum absolute atomic E-state index is 9.99. The zero-order valence-corrected chi connectivity index (χ0v) is 5.28. The van der Waals surface area contributed by atoms with Crippen LogP contribution in [-0.2, 0) is 9.59 Å². The van der Waals surface area contributed by atoms with Gasteiger partial charge in [-0.15, -0.1) is 0 Å². The summed E-state index contributed by atoms with van der Waals surface area (Å²) in [5.41, 5.74) is 5.00. The molecule has 0 saturated carbocycles. The molecule has 0 rings (SSSR count). The van der Waals surface area contributed by atoms with Gasteiger partial charge in [-0.1, -0.05) is 0 Å². The fourth-order valence-corrected chi connectivity index (χ4v) is 0.402. The van der Waals surface area contributed by atoms with Gasteiger partial charge >= 0.3 is 29.5 Å². The number of carbonyl (C=O) groups is 2. The van der Waals surface area contributed by atoms with E-state index in [4.69, 9.17) is 15.9 Å². The summed E-state index contributed by atoms with van der Waals surface area (Å²) in [6, 6.07) is -1.06. The topological polar surface area (TPSA) is 101 Å². The van der Waals surface area contributed by atoms with Crippen molar-refractivity contribution in [2.45, 2.75) is 18.9 Å². The Labute approximate surface area is 74.5 Å². The zero-order chi connectivity index (χ0) is 8.15. The second-order valence-electron chi connectivity index (χ2n) is 1.88. The average Bonchev–Trinajstić information content (AvgIpc) is 1.82. The Morgan fingerprint density at radius 1 is 1.36 bits per heavy atom. The standard InChI is InChI=1S/C5H9NO4.GeH4/c6-3(5(9)10)1-2-4(7)8;/h3H,1-2,6H2,(H,7,8)(H,9,10);1H4/t3-;/m0./s1. The van der Waals surface area contributed by atoms with E-state index in [-0.39, 0.29) is 30.4 Å². The Hall–Kier alpha value is -0.557. The van der Waals surface area contributed by atoms with Crippen molar-refractivity contribution >= 4 is 29.5 Å². The third-order valence-electron chi connectivity index (χ3n) is 0.986. The van der Waals surface area contributed by atoms with E-state index in [1.54, 1.807) is 0 Å². The fourth-order valence-electron chi connectivity index (χ4n) is 0.402. The van der Waals surface area contributed by atoms with Crippen LogP contribution in [0.15, 0.2) is 0 Å². The van der Waals surface area contributed by atoms with Gasteiger partial charge in [-0.05, 0) is 6.42 Å². The molecule has 0 fully saturated rings. The van der Waals surface area contributed by atoms with E-state index in [9.17, 15) is 9.59 Å². The summed E-state index contributed by atoms with van der Waals surface area (Å²) in [5, 5.41) is 16.3. The van der Waals surface area contributed by atoms with Gasteiger partial charge in [-0.2, -0.15) is 0 Å². The van der Waals surface area contributed by atoms with Gasteiger partial charge in [-0.3, -0.25) is 9.59 Å². The molecule has 0 heterocycles. The van der Waals surface area contributed by atoms with Gasteiger partial charge in [0.25, 0.3) is 0 Å². The molecule has 0 aliphatic rings. The summed E-state index contributed by atoms with van der Waals surface area (Å²) < 4.78 is 0. The van der Waals surface area contributed by atoms with Crippen LogP contribution in [-0.4, -0.2) is 45.8 Å². The molecule has 0 bridgehead atoms. The van der Waals surface area contributed by atoms with Crippen LogP contribution in [0, 0.1) is 0 Å². The molecule has 66 valence electrons. The molecule has 11 heavy (non-hydrogen) atoms. The molecule has 0 aromatic carbocycles. The molecule has 0 saturated heterocycles. The number of hydrogen-bond acceptors (Lipinski definition) is 3. The van der Waals surface area contributed by atoms with Crippen LogP contribution in [0.1, 0.15) is 12.8 Å². The predicted octanol–water partition coefficient (Wildman–Crippen LogP) is -2.19. The van der Waals surface area contributed by atoms with Gasteiger partial charge in [0.2, 0.25) is 0 Å². The Kier molecular flexibility index (Phi) is 7.33. The van der Waals surface area contributed by atoms with Gasteiger partial charge in [-0.25, -0.2) is 0 Å². The molecule has 0 aliphatic carbocycles. The molecule has 1 atom stereocenters. The summed E-state index contributed by atoms with van der Waals surface area (Å²) in [6.07, 6.45) is -0.224. The van der Waals surface area contributed by atoms with E-state index in [2.05, 4.69) is 0 Å². The third-order valence-corrected chi connectivity index (χ3v) is 0.986. The second kappa shape index (κ2) is 6.17. The summed E-state index contributed by atoms with van der Waals surface area (Å²) >= 11 is 0. The van der Waals surface area contributed by atoms with Crippen LogP contribution in [0.3, 0.4) is 0 Å². The summed E-state index contributed by atoms with van der Waals surface area (Å²) in [6.45, 7) is 0. The van der Waals surface area contributed by atoms with Gasteiger partial charge in [0.1, 0.15) is 6.04 Å². The SMILES string of the molecule is N[C@@H](CCC(=O)O)C(=O)O.[GeH4]. The number of nitrogens with two attached hydrogens (primary N) is 1. The average molecular weight is 224 g/mol. The normalized spacial score (nSPS) is 11.4. The first-order chi connectivity index (χ1) is 4.54. The molecular formula is C5H13GeNO4. The van der Waals surface area contributed by atoms with Crippen molar-refractivity contribution in [3.05, 3.63) is 0 Å². The first kappa shape index (κ1) is 13.1. The molecule has 0 spiro atoms. The third kappa shape index (κ3) is 7.34. The Bertz CT molecular complexity index is 149. The first-order valence-electron chi connectivity index (χ1n) is 2.74. The van der Waals surface area contributed by atoms with Crippen LogP contribution in [0.4, 0.5) is 0 Å². The van der Waals surface area contributed by atoms with Gasteiger partial charge in [0.15, 0.2) is 0 Å². The van der Waals surface area contributed by atoms with Crippen molar-refractivity contribution in [3.8, 4) is 0 Å². The Morgan fingerprint density at radius 3 is 2.09 bits per heavy atom. The van der Waals surface area contributed by atoms with Crippen molar-refractivity contribution in [1.29, 1.82) is 0 Å². The van der Waals surface area contributed by atoms with Crippen molar-refractivity contribution < 1.29 is 19.8 Å². The fraction of sp³-hybridized carbons (Fsp3) is 0.600. The molecule has 5 nitrogen and oxygen atoms in total. The zero-order valence-electron chi connectivity index (χ0n) is 5.28. The van der Waals surface area contributed by atoms with Crippen LogP contribution in [0.5, 0.6) is 0 Å². The Morgan fingerprint density at radius 2 is 1.82 bits per heavy atom. The Balaban J connectivity index is 0. The quantitative estimate of drug-likeness (QED) is 0.471. The van der Waals surface area contributed by atoms with Crippen molar-refractivity contribution in [2.24, 2.45) is 5.73 Å². The van der Waals surface area contributed by atoms with Crippen molar-refractivity contribution in [3.63, 3.8) is 0 Å². The summed E-state index contributed by atoms with van der Waals surface area (Å²) in [7, 11) is 0. The molecule has 0 unspecified atom stereocenters. The van der Waals surface area contributed by atoms with E-state index in [0.717, 1.165) is 0 Å². The predicted molar refractivity (Wildman–Crippen MR) is 43.8 cm³/mol. The number of rotatable bonds is 4. The van der Waals surface area contributed by atoms with Crippen molar-refractivity contribution in [1.82, 2.24) is 0 Å².